The number of rotatable bonds is 11. The van der Waals surface area contributed by atoms with E-state index < -0.39 is 10.0 Å². The molecule has 0 spiro atoms. The molecule has 0 saturated carbocycles. The number of anilines is 1. The van der Waals surface area contributed by atoms with Crippen LogP contribution in [-0.2, 0) is 14.8 Å². The molecule has 4 aromatic carbocycles. The Labute approximate surface area is 223 Å². The van der Waals surface area contributed by atoms with E-state index in [4.69, 9.17) is 9.47 Å². The van der Waals surface area contributed by atoms with Gasteiger partial charge in [-0.3, -0.25) is 9.52 Å². The molecular formula is C30H30N2O5S. The minimum Gasteiger partial charge on any atom is -0.494 e. The molecule has 0 aliphatic carbocycles. The highest BCUT2D eigenvalue weighted by atomic mass is 32.2. The second kappa shape index (κ2) is 12.3. The standard InChI is InChI=1S/C30H30N2O5S/c1-3-36-26-16-14-25(15-17-26)32-38(34,35)27-18-19-28(22(2)20-27)37-21-29(33)31-30(23-10-6-4-7-11-23)24-12-8-5-9-13-24/h4-20,30,32H,3,21H2,1-2H3,(H,31,33). The lowest BCUT2D eigenvalue weighted by atomic mass is 9.99. The molecule has 0 atom stereocenters. The average molecular weight is 531 g/mol. The maximum atomic E-state index is 12.9. The molecule has 4 aromatic rings. The van der Waals surface area contributed by atoms with Crippen molar-refractivity contribution in [3.8, 4) is 11.5 Å². The number of hydrogen-bond acceptors (Lipinski definition) is 5. The van der Waals surface area contributed by atoms with Crippen molar-refractivity contribution in [1.29, 1.82) is 0 Å². The minimum atomic E-state index is -3.81. The van der Waals surface area contributed by atoms with Gasteiger partial charge in [-0.1, -0.05) is 60.7 Å². The summed E-state index contributed by atoms with van der Waals surface area (Å²) in [6, 6.07) is 30.3. The maximum absolute atomic E-state index is 12.9. The van der Waals surface area contributed by atoms with Crippen molar-refractivity contribution in [2.75, 3.05) is 17.9 Å². The average Bonchev–Trinajstić information content (AvgIpc) is 2.93. The molecule has 0 unspecified atom stereocenters. The first-order chi connectivity index (χ1) is 18.4. The fourth-order valence-corrected chi connectivity index (χ4v) is 5.09. The topological polar surface area (TPSA) is 93.7 Å². The van der Waals surface area contributed by atoms with E-state index in [1.165, 1.54) is 12.1 Å². The number of benzene rings is 4. The molecular weight excluding hydrogens is 500 g/mol. The number of aryl methyl sites for hydroxylation is 1. The van der Waals surface area contributed by atoms with E-state index in [1.807, 2.05) is 67.6 Å². The zero-order chi connectivity index (χ0) is 27.0. The van der Waals surface area contributed by atoms with Gasteiger partial charge in [0.15, 0.2) is 6.61 Å². The summed E-state index contributed by atoms with van der Waals surface area (Å²) in [6.45, 7) is 3.93. The fourth-order valence-electron chi connectivity index (χ4n) is 3.95. The summed E-state index contributed by atoms with van der Waals surface area (Å²) in [6.07, 6.45) is 0. The second-order valence-corrected chi connectivity index (χ2v) is 10.3. The van der Waals surface area contributed by atoms with Crippen LogP contribution in [0.5, 0.6) is 11.5 Å². The smallest absolute Gasteiger partial charge is 0.261 e. The Kier molecular flexibility index (Phi) is 8.66. The van der Waals surface area contributed by atoms with Gasteiger partial charge < -0.3 is 14.8 Å². The van der Waals surface area contributed by atoms with E-state index in [0.29, 0.717) is 29.4 Å². The molecule has 0 aliphatic heterocycles. The number of carbonyl (C=O) groups excluding carboxylic acids is 1. The van der Waals surface area contributed by atoms with Crippen LogP contribution in [0, 0.1) is 6.92 Å². The summed E-state index contributed by atoms with van der Waals surface area (Å²) >= 11 is 0. The highest BCUT2D eigenvalue weighted by molar-refractivity contribution is 7.92. The van der Waals surface area contributed by atoms with Crippen molar-refractivity contribution in [1.82, 2.24) is 5.32 Å². The highest BCUT2D eigenvalue weighted by Gasteiger charge is 2.19. The molecule has 0 radical (unpaired) electrons. The molecule has 2 N–H and O–H groups in total. The zero-order valence-corrected chi connectivity index (χ0v) is 22.1. The fraction of sp³-hybridized carbons (Fsp3) is 0.167. The van der Waals surface area contributed by atoms with Gasteiger partial charge in [0.2, 0.25) is 0 Å². The number of carbonyl (C=O) groups is 1. The molecule has 0 aromatic heterocycles. The van der Waals surface area contributed by atoms with Crippen LogP contribution in [0.1, 0.15) is 29.7 Å². The van der Waals surface area contributed by atoms with Crippen LogP contribution in [0.25, 0.3) is 0 Å². The summed E-state index contributed by atoms with van der Waals surface area (Å²) in [7, 11) is -3.81. The molecule has 0 saturated heterocycles. The lowest BCUT2D eigenvalue weighted by Gasteiger charge is -2.20. The third-order valence-corrected chi connectivity index (χ3v) is 7.18. The number of amides is 1. The summed E-state index contributed by atoms with van der Waals surface area (Å²) in [5.41, 5.74) is 2.93. The van der Waals surface area contributed by atoms with E-state index >= 15 is 0 Å². The molecule has 196 valence electrons. The van der Waals surface area contributed by atoms with Gasteiger partial charge in [0.25, 0.3) is 15.9 Å². The Morgan fingerprint density at radius 3 is 1.97 bits per heavy atom. The lowest BCUT2D eigenvalue weighted by Crippen LogP contribution is -2.33. The molecule has 0 aliphatic rings. The van der Waals surface area contributed by atoms with Crippen LogP contribution in [0.15, 0.2) is 108 Å². The monoisotopic (exact) mass is 530 g/mol. The number of sulfonamides is 1. The van der Waals surface area contributed by atoms with E-state index in [-0.39, 0.29) is 23.5 Å². The van der Waals surface area contributed by atoms with Gasteiger partial charge in [-0.2, -0.15) is 0 Å². The van der Waals surface area contributed by atoms with Crippen LogP contribution < -0.4 is 19.5 Å². The molecule has 1 amide bonds. The van der Waals surface area contributed by atoms with Crippen molar-refractivity contribution in [3.63, 3.8) is 0 Å². The van der Waals surface area contributed by atoms with Crippen LogP contribution in [0.4, 0.5) is 5.69 Å². The Hall–Kier alpha value is -4.30. The molecule has 0 bridgehead atoms. The van der Waals surface area contributed by atoms with E-state index in [2.05, 4.69) is 10.0 Å². The quantitative estimate of drug-likeness (QED) is 0.268. The molecule has 4 rings (SSSR count). The van der Waals surface area contributed by atoms with Crippen LogP contribution in [0.2, 0.25) is 0 Å². The molecule has 0 heterocycles. The van der Waals surface area contributed by atoms with Crippen LogP contribution in [-0.4, -0.2) is 27.5 Å². The lowest BCUT2D eigenvalue weighted by molar-refractivity contribution is -0.123. The first-order valence-corrected chi connectivity index (χ1v) is 13.7. The van der Waals surface area contributed by atoms with Gasteiger partial charge in [0.1, 0.15) is 11.5 Å². The van der Waals surface area contributed by atoms with Gasteiger partial charge >= 0.3 is 0 Å². The van der Waals surface area contributed by atoms with Gasteiger partial charge in [0.05, 0.1) is 17.5 Å². The summed E-state index contributed by atoms with van der Waals surface area (Å²) in [5, 5.41) is 3.04. The van der Waals surface area contributed by atoms with Crippen molar-refractivity contribution in [2.24, 2.45) is 0 Å². The number of hydrogen-bond donors (Lipinski definition) is 2. The molecule has 0 fully saturated rings. The molecule has 38 heavy (non-hydrogen) atoms. The third-order valence-electron chi connectivity index (χ3n) is 5.80. The van der Waals surface area contributed by atoms with Crippen LogP contribution >= 0.6 is 0 Å². The first kappa shape index (κ1) is 26.8. The Balaban J connectivity index is 1.40. The molecule has 7 nitrogen and oxygen atoms in total. The Morgan fingerprint density at radius 2 is 1.42 bits per heavy atom. The van der Waals surface area contributed by atoms with E-state index in [0.717, 1.165) is 11.1 Å². The van der Waals surface area contributed by atoms with Crippen LogP contribution in [0.3, 0.4) is 0 Å². The van der Waals surface area contributed by atoms with E-state index in [9.17, 15) is 13.2 Å². The van der Waals surface area contributed by atoms with Gasteiger partial charge in [-0.15, -0.1) is 0 Å². The van der Waals surface area contributed by atoms with Crippen molar-refractivity contribution < 1.29 is 22.7 Å². The third kappa shape index (κ3) is 6.92. The Bertz CT molecular complexity index is 1420. The normalized spacial score (nSPS) is 11.1. The second-order valence-electron chi connectivity index (χ2n) is 8.60. The largest absolute Gasteiger partial charge is 0.494 e. The summed E-state index contributed by atoms with van der Waals surface area (Å²) in [5.74, 6) is 0.794. The predicted molar refractivity (Wildman–Crippen MR) is 148 cm³/mol. The molecule has 8 heteroatoms. The van der Waals surface area contributed by atoms with Gasteiger partial charge in [-0.25, -0.2) is 8.42 Å². The van der Waals surface area contributed by atoms with Crippen molar-refractivity contribution >= 4 is 21.6 Å². The summed E-state index contributed by atoms with van der Waals surface area (Å²) < 4.78 is 39.5. The number of nitrogens with one attached hydrogen (secondary N) is 2. The SMILES string of the molecule is CCOc1ccc(NS(=O)(=O)c2ccc(OCC(=O)NC(c3ccccc3)c3ccccc3)c(C)c2)cc1. The van der Waals surface area contributed by atoms with Crippen molar-refractivity contribution in [3.05, 3.63) is 120 Å². The van der Waals surface area contributed by atoms with Gasteiger partial charge in [0, 0.05) is 5.69 Å². The zero-order valence-electron chi connectivity index (χ0n) is 21.3. The maximum Gasteiger partial charge on any atom is 0.261 e. The van der Waals surface area contributed by atoms with E-state index in [1.54, 1.807) is 37.3 Å². The predicted octanol–water partition coefficient (Wildman–Crippen LogP) is 5.48. The minimum absolute atomic E-state index is 0.0916. The summed E-state index contributed by atoms with van der Waals surface area (Å²) in [4.78, 5) is 12.9. The Morgan fingerprint density at radius 1 is 0.816 bits per heavy atom. The first-order valence-electron chi connectivity index (χ1n) is 12.2. The number of ether oxygens (including phenoxy) is 2. The van der Waals surface area contributed by atoms with Crippen molar-refractivity contribution in [2.45, 2.75) is 24.8 Å². The van der Waals surface area contributed by atoms with Gasteiger partial charge in [-0.05, 0) is 73.0 Å². The highest BCUT2D eigenvalue weighted by Crippen LogP contribution is 2.25.